The van der Waals surface area contributed by atoms with Crippen molar-refractivity contribution in [2.24, 2.45) is 0 Å². The molecule has 44 heavy (non-hydrogen) atoms. The summed E-state index contributed by atoms with van der Waals surface area (Å²) in [7, 11) is 0. The zero-order chi connectivity index (χ0) is 30.2. The van der Waals surface area contributed by atoms with Crippen molar-refractivity contribution < 1.29 is 23.8 Å². The third-order valence-electron chi connectivity index (χ3n) is 8.77. The van der Waals surface area contributed by atoms with E-state index < -0.39 is 5.97 Å². The van der Waals surface area contributed by atoms with Crippen LogP contribution in [0.4, 0.5) is 4.39 Å². The maximum absolute atomic E-state index is 13.6. The lowest BCUT2D eigenvalue weighted by molar-refractivity contribution is -0.0595. The number of benzene rings is 1. The van der Waals surface area contributed by atoms with Crippen molar-refractivity contribution in [2.75, 3.05) is 19.7 Å². The van der Waals surface area contributed by atoms with E-state index in [0.717, 1.165) is 66.9 Å². The van der Waals surface area contributed by atoms with E-state index in [1.165, 1.54) is 18.3 Å². The lowest BCUT2D eigenvalue weighted by Crippen LogP contribution is -2.37. The number of rotatable bonds is 9. The zero-order valence-electron chi connectivity index (χ0n) is 24.4. The number of hydrogen-bond donors (Lipinski definition) is 1. The van der Waals surface area contributed by atoms with E-state index in [4.69, 9.17) is 19.4 Å². The van der Waals surface area contributed by atoms with Crippen LogP contribution in [0.2, 0.25) is 0 Å². The van der Waals surface area contributed by atoms with Gasteiger partial charge in [-0.3, -0.25) is 9.88 Å². The smallest absolute Gasteiger partial charge is 0.354 e. The molecule has 0 spiro atoms. The Kier molecular flexibility index (Phi) is 7.65. The molecule has 4 aromatic heterocycles. The van der Waals surface area contributed by atoms with E-state index in [0.29, 0.717) is 29.5 Å². The average molecular weight is 597 g/mol. The molecule has 1 N–H and O–H groups in total. The number of ether oxygens (including phenoxy) is 2. The predicted molar refractivity (Wildman–Crippen MR) is 161 cm³/mol. The fourth-order valence-electron chi connectivity index (χ4n) is 6.22. The fraction of sp³-hybridized carbons (Fsp3) is 0.364. The summed E-state index contributed by atoms with van der Waals surface area (Å²) in [5, 5.41) is 10.2. The number of carboxylic acids is 1. The first-order valence-corrected chi connectivity index (χ1v) is 15.0. The molecule has 1 aromatic carbocycles. The Balaban J connectivity index is 1.03. The number of pyridine rings is 3. The van der Waals surface area contributed by atoms with Crippen LogP contribution in [0.5, 0.6) is 5.88 Å². The highest BCUT2D eigenvalue weighted by atomic mass is 19.1. The summed E-state index contributed by atoms with van der Waals surface area (Å²) >= 11 is 0. The summed E-state index contributed by atoms with van der Waals surface area (Å²) in [6.45, 7) is 5.52. The van der Waals surface area contributed by atoms with E-state index in [-0.39, 0.29) is 30.3 Å². The number of carbonyl (C=O) groups is 1. The molecule has 5 aromatic rings. The van der Waals surface area contributed by atoms with Gasteiger partial charge in [0.2, 0.25) is 5.88 Å². The lowest BCUT2D eigenvalue weighted by Gasteiger charge is -2.36. The van der Waals surface area contributed by atoms with Crippen LogP contribution in [0.1, 0.15) is 65.7 Å². The number of hydrogen-bond acceptors (Lipinski definition) is 8. The minimum atomic E-state index is -1.05. The summed E-state index contributed by atoms with van der Waals surface area (Å²) in [6, 6.07) is 16.3. The first-order valence-electron chi connectivity index (χ1n) is 15.0. The summed E-state index contributed by atoms with van der Waals surface area (Å²) < 4.78 is 27.4. The van der Waals surface area contributed by atoms with Crippen LogP contribution in [-0.2, 0) is 17.9 Å². The third-order valence-corrected chi connectivity index (χ3v) is 8.77. The second-order valence-electron chi connectivity index (χ2n) is 11.5. The van der Waals surface area contributed by atoms with Gasteiger partial charge in [0.25, 0.3) is 0 Å². The molecule has 0 amide bonds. The van der Waals surface area contributed by atoms with Gasteiger partial charge in [0.05, 0.1) is 30.4 Å². The standard InChI is InChI=1S/C33H33FN6O4/c1-20(31-37-27-8-9-28(33(41)42)38-32(27)40(31)18-25-12-15-43-25)39-13-10-21(11-14-39)26-6-3-7-29(36-26)44-19-23-5-2-4-22-16-24(34)17-35-30(22)23/h2-9,16-17,20-21,25H,10-15,18-19H2,1H3,(H,41,42)/t20?,25-/m0/s1. The van der Waals surface area contributed by atoms with Gasteiger partial charge in [0, 0.05) is 35.2 Å². The van der Waals surface area contributed by atoms with Gasteiger partial charge >= 0.3 is 5.97 Å². The monoisotopic (exact) mass is 596 g/mol. The van der Waals surface area contributed by atoms with Gasteiger partial charge < -0.3 is 19.1 Å². The van der Waals surface area contributed by atoms with Gasteiger partial charge in [-0.05, 0) is 63.5 Å². The molecule has 2 fully saturated rings. The number of para-hydroxylation sites is 1. The number of piperidine rings is 1. The summed E-state index contributed by atoms with van der Waals surface area (Å²) in [5.41, 5.74) is 3.89. The number of aromatic nitrogens is 5. The van der Waals surface area contributed by atoms with Crippen molar-refractivity contribution in [3.05, 3.63) is 89.4 Å². The minimum Gasteiger partial charge on any atom is -0.477 e. The second-order valence-corrected chi connectivity index (χ2v) is 11.5. The number of carboxylic acid groups (broad SMARTS) is 1. The quantitative estimate of drug-likeness (QED) is 0.235. The fourth-order valence-corrected chi connectivity index (χ4v) is 6.22. The number of likely N-dealkylation sites (tertiary alicyclic amines) is 1. The molecule has 2 aliphatic heterocycles. The summed E-state index contributed by atoms with van der Waals surface area (Å²) in [6.07, 6.45) is 4.15. The molecule has 2 saturated heterocycles. The van der Waals surface area contributed by atoms with Crippen molar-refractivity contribution in [3.63, 3.8) is 0 Å². The Hall–Kier alpha value is -4.48. The topological polar surface area (TPSA) is 115 Å². The second kappa shape index (κ2) is 11.9. The highest BCUT2D eigenvalue weighted by Crippen LogP contribution is 2.33. The van der Waals surface area contributed by atoms with Crippen molar-refractivity contribution in [2.45, 2.75) is 57.4 Å². The summed E-state index contributed by atoms with van der Waals surface area (Å²) in [5.74, 6) is 0.312. The molecule has 1 unspecified atom stereocenters. The van der Waals surface area contributed by atoms with E-state index >= 15 is 0 Å². The van der Waals surface area contributed by atoms with Crippen LogP contribution < -0.4 is 4.74 Å². The van der Waals surface area contributed by atoms with E-state index in [1.54, 1.807) is 6.07 Å². The lowest BCUT2D eigenvalue weighted by atomic mass is 9.92. The third kappa shape index (κ3) is 5.60. The molecule has 2 aliphatic rings. The Morgan fingerprint density at radius 1 is 1.09 bits per heavy atom. The molecule has 2 atom stereocenters. The van der Waals surface area contributed by atoms with Crippen LogP contribution in [-0.4, -0.2) is 66.3 Å². The number of halogens is 1. The van der Waals surface area contributed by atoms with Crippen molar-refractivity contribution in [3.8, 4) is 5.88 Å². The number of fused-ring (bicyclic) bond motifs is 2. The molecule has 11 heteroatoms. The Morgan fingerprint density at radius 2 is 1.91 bits per heavy atom. The van der Waals surface area contributed by atoms with Crippen molar-refractivity contribution in [1.82, 2.24) is 29.4 Å². The van der Waals surface area contributed by atoms with Crippen LogP contribution in [0.3, 0.4) is 0 Å². The van der Waals surface area contributed by atoms with Gasteiger partial charge in [-0.2, -0.15) is 0 Å². The maximum atomic E-state index is 13.6. The van der Waals surface area contributed by atoms with Crippen molar-refractivity contribution >= 4 is 28.0 Å². The first kappa shape index (κ1) is 28.3. The minimum absolute atomic E-state index is 0.0103. The zero-order valence-corrected chi connectivity index (χ0v) is 24.4. The Labute approximate surface area is 253 Å². The molecule has 0 saturated carbocycles. The molecule has 226 valence electrons. The number of imidazole rings is 1. The molecule has 10 nitrogen and oxygen atoms in total. The Morgan fingerprint density at radius 3 is 2.68 bits per heavy atom. The maximum Gasteiger partial charge on any atom is 0.354 e. The van der Waals surface area contributed by atoms with Crippen LogP contribution in [0, 0.1) is 5.82 Å². The molecule has 7 rings (SSSR count). The largest absolute Gasteiger partial charge is 0.477 e. The van der Waals surface area contributed by atoms with E-state index in [9.17, 15) is 14.3 Å². The van der Waals surface area contributed by atoms with Gasteiger partial charge in [-0.25, -0.2) is 24.1 Å². The van der Waals surface area contributed by atoms with Gasteiger partial charge in [0.1, 0.15) is 23.8 Å². The molecule has 0 bridgehead atoms. The van der Waals surface area contributed by atoms with Gasteiger partial charge in [-0.1, -0.05) is 24.3 Å². The van der Waals surface area contributed by atoms with Crippen LogP contribution >= 0.6 is 0 Å². The average Bonchev–Trinajstić information content (AvgIpc) is 3.39. The van der Waals surface area contributed by atoms with E-state index in [1.807, 2.05) is 34.9 Å². The molecule has 0 aliphatic carbocycles. The molecule has 0 radical (unpaired) electrons. The van der Waals surface area contributed by atoms with E-state index in [2.05, 4.69) is 27.9 Å². The first-order chi connectivity index (χ1) is 21.4. The van der Waals surface area contributed by atoms with Crippen molar-refractivity contribution in [1.29, 1.82) is 0 Å². The highest BCUT2D eigenvalue weighted by molar-refractivity contribution is 5.88. The van der Waals surface area contributed by atoms with Gasteiger partial charge in [-0.15, -0.1) is 0 Å². The molecular formula is C33H33FN6O4. The van der Waals surface area contributed by atoms with Crippen LogP contribution in [0.15, 0.2) is 60.8 Å². The van der Waals surface area contributed by atoms with Gasteiger partial charge in [0.15, 0.2) is 11.3 Å². The summed E-state index contributed by atoms with van der Waals surface area (Å²) in [4.78, 5) is 32.5. The normalized spacial score (nSPS) is 18.4. The number of nitrogens with zero attached hydrogens (tertiary/aromatic N) is 6. The molecule has 6 heterocycles. The Bertz CT molecular complexity index is 1830. The van der Waals surface area contributed by atoms with Crippen LogP contribution in [0.25, 0.3) is 22.1 Å². The predicted octanol–water partition coefficient (Wildman–Crippen LogP) is 5.52. The molecular weight excluding hydrogens is 563 g/mol. The highest BCUT2D eigenvalue weighted by Gasteiger charge is 2.30. The number of aromatic carboxylic acids is 1. The SMILES string of the molecule is CC(c1nc2ccc(C(=O)O)nc2n1C[C@@H]1CCO1)N1CCC(c2cccc(OCc3cccc4cc(F)cnc34)n2)CC1.